The van der Waals surface area contributed by atoms with Crippen molar-refractivity contribution in [2.24, 2.45) is 0 Å². The number of carbonyl (C=O) groups is 1. The fraction of sp³-hybridized carbons (Fsp3) is 0.355. The fourth-order valence-electron chi connectivity index (χ4n) is 4.68. The van der Waals surface area contributed by atoms with Crippen molar-refractivity contribution in [2.75, 3.05) is 38.5 Å². The molecule has 0 atom stereocenters. The molecule has 1 aromatic carbocycles. The lowest BCUT2D eigenvalue weighted by Gasteiger charge is -2.32. The van der Waals surface area contributed by atoms with Crippen LogP contribution in [0.4, 0.5) is 5.69 Å². The van der Waals surface area contributed by atoms with Gasteiger partial charge in [0.05, 0.1) is 17.5 Å². The highest BCUT2D eigenvalue weighted by Gasteiger charge is 2.24. The number of nitrogens with one attached hydrogen (secondary N) is 1. The zero-order chi connectivity index (χ0) is 27.6. The van der Waals surface area contributed by atoms with E-state index in [-0.39, 0.29) is 12.0 Å². The number of rotatable bonds is 6. The second-order valence-electron chi connectivity index (χ2n) is 10.7. The number of likely N-dealkylation sites (N-methyl/N-ethyl adjacent to an activating group) is 1. The third-order valence-electron chi connectivity index (χ3n) is 7.41. The Morgan fingerprint density at radius 3 is 2.62 bits per heavy atom. The van der Waals surface area contributed by atoms with Crippen molar-refractivity contribution in [3.05, 3.63) is 82.4 Å². The number of hydrogen-bond acceptors (Lipinski definition) is 7. The zero-order valence-corrected chi connectivity index (χ0v) is 23.1. The van der Waals surface area contributed by atoms with Crippen LogP contribution < -0.4 is 10.1 Å². The Hall–Kier alpha value is -4.26. The van der Waals surface area contributed by atoms with Gasteiger partial charge >= 0.3 is 0 Å². The first-order valence-electron chi connectivity index (χ1n) is 13.7. The highest BCUT2D eigenvalue weighted by molar-refractivity contribution is 6.04. The predicted molar refractivity (Wildman–Crippen MR) is 153 cm³/mol. The molecule has 1 N–H and O–H groups in total. The van der Waals surface area contributed by atoms with Gasteiger partial charge in [0.25, 0.3) is 5.91 Å². The molecule has 0 radical (unpaired) electrons. The molecule has 2 aliphatic rings. The summed E-state index contributed by atoms with van der Waals surface area (Å²) in [6, 6.07) is 11.6. The first-order valence-corrected chi connectivity index (χ1v) is 13.7. The van der Waals surface area contributed by atoms with Crippen LogP contribution in [0.5, 0.6) is 5.88 Å². The molecule has 1 aliphatic heterocycles. The minimum Gasteiger partial charge on any atom is -0.473 e. The number of carbonyl (C=O) groups excluding carboxylic acids is 1. The predicted octanol–water partition coefficient (Wildman–Crippen LogP) is 3.68. The van der Waals surface area contributed by atoms with E-state index in [4.69, 9.17) is 4.74 Å². The highest BCUT2D eigenvalue weighted by Crippen LogP contribution is 2.25. The summed E-state index contributed by atoms with van der Waals surface area (Å²) in [6.07, 6.45) is 5.66. The monoisotopic (exact) mass is 535 g/mol. The number of aryl methyl sites for hydroxylation is 2. The second-order valence-corrected chi connectivity index (χ2v) is 10.7. The molecule has 0 unspecified atom stereocenters. The van der Waals surface area contributed by atoms with Crippen LogP contribution in [0.2, 0.25) is 0 Å². The van der Waals surface area contributed by atoms with E-state index >= 15 is 0 Å². The lowest BCUT2D eigenvalue weighted by Crippen LogP contribution is -2.43. The summed E-state index contributed by atoms with van der Waals surface area (Å²) in [7, 11) is 2.17. The Morgan fingerprint density at radius 2 is 1.85 bits per heavy atom. The van der Waals surface area contributed by atoms with E-state index in [1.54, 1.807) is 23.0 Å². The summed E-state index contributed by atoms with van der Waals surface area (Å²) in [5.41, 5.74) is 6.41. The van der Waals surface area contributed by atoms with E-state index in [9.17, 15) is 4.79 Å². The smallest absolute Gasteiger partial charge is 0.257 e. The maximum absolute atomic E-state index is 13.1. The summed E-state index contributed by atoms with van der Waals surface area (Å²) < 4.78 is 7.50. The summed E-state index contributed by atoms with van der Waals surface area (Å²) in [5, 5.41) is 7.55. The molecule has 0 spiro atoms. The summed E-state index contributed by atoms with van der Waals surface area (Å²) in [5.74, 6) is 6.64. The molecule has 204 valence electrons. The number of piperazine rings is 1. The van der Waals surface area contributed by atoms with Crippen molar-refractivity contribution in [1.29, 1.82) is 0 Å². The van der Waals surface area contributed by atoms with Gasteiger partial charge in [0.1, 0.15) is 11.8 Å². The first kappa shape index (κ1) is 26.0. The normalized spacial score (nSPS) is 16.0. The molecule has 40 heavy (non-hydrogen) atoms. The van der Waals surface area contributed by atoms with Crippen molar-refractivity contribution < 1.29 is 9.53 Å². The quantitative estimate of drug-likeness (QED) is 0.377. The van der Waals surface area contributed by atoms with Crippen LogP contribution in [0, 0.1) is 25.7 Å². The average Bonchev–Trinajstić information content (AvgIpc) is 3.68. The number of nitrogens with zero attached hydrogens (tertiary/aromatic N) is 6. The van der Waals surface area contributed by atoms with E-state index in [1.165, 1.54) is 5.56 Å². The number of benzene rings is 1. The third-order valence-corrected chi connectivity index (χ3v) is 7.41. The van der Waals surface area contributed by atoms with Crippen molar-refractivity contribution in [3.8, 4) is 17.7 Å². The molecular formula is C31H33N7O2. The molecule has 1 saturated carbocycles. The van der Waals surface area contributed by atoms with E-state index in [2.05, 4.69) is 62.1 Å². The minimum absolute atomic E-state index is 0.222. The molecule has 6 rings (SSSR count). The summed E-state index contributed by atoms with van der Waals surface area (Å²) >= 11 is 0. The number of imidazole rings is 1. The molecular weight excluding hydrogens is 502 g/mol. The number of pyridine rings is 1. The van der Waals surface area contributed by atoms with E-state index in [0.717, 1.165) is 62.5 Å². The molecule has 1 aliphatic carbocycles. The van der Waals surface area contributed by atoms with E-state index in [1.807, 2.05) is 31.2 Å². The highest BCUT2D eigenvalue weighted by atomic mass is 16.5. The Balaban J connectivity index is 1.15. The maximum atomic E-state index is 13.1. The van der Waals surface area contributed by atoms with Crippen LogP contribution in [-0.4, -0.2) is 74.6 Å². The second kappa shape index (κ2) is 11.1. The Labute approximate surface area is 234 Å². The molecule has 3 aromatic heterocycles. The maximum Gasteiger partial charge on any atom is 0.257 e. The average molecular weight is 536 g/mol. The molecule has 9 nitrogen and oxygen atoms in total. The number of anilines is 1. The lowest BCUT2D eigenvalue weighted by molar-refractivity contribution is 0.102. The Kier molecular flexibility index (Phi) is 7.20. The van der Waals surface area contributed by atoms with Crippen LogP contribution >= 0.6 is 0 Å². The topological polar surface area (TPSA) is 87.9 Å². The Bertz CT molecular complexity index is 1620. The number of fused-ring (bicyclic) bond motifs is 1. The molecule has 4 heterocycles. The largest absolute Gasteiger partial charge is 0.473 e. The first-order chi connectivity index (χ1) is 19.4. The molecule has 9 heteroatoms. The van der Waals surface area contributed by atoms with Crippen LogP contribution in [0.15, 0.2) is 48.8 Å². The number of hydrogen-bond donors (Lipinski definition) is 1. The van der Waals surface area contributed by atoms with Gasteiger partial charge in [-0.2, -0.15) is 0 Å². The van der Waals surface area contributed by atoms with Crippen LogP contribution in [0.3, 0.4) is 0 Å². The summed E-state index contributed by atoms with van der Waals surface area (Å²) in [6.45, 7) is 9.23. The van der Waals surface area contributed by atoms with E-state index in [0.29, 0.717) is 28.3 Å². The van der Waals surface area contributed by atoms with Crippen LogP contribution in [0.1, 0.15) is 51.3 Å². The number of ether oxygens (including phenoxy) is 1. The van der Waals surface area contributed by atoms with Gasteiger partial charge in [0.15, 0.2) is 5.65 Å². The van der Waals surface area contributed by atoms with Crippen molar-refractivity contribution in [3.63, 3.8) is 0 Å². The van der Waals surface area contributed by atoms with Crippen LogP contribution in [0.25, 0.3) is 5.65 Å². The molecule has 1 amide bonds. The SMILES string of the molecule is Cc1cc(NC(=O)c2cnc(C)c(C#Cc3cnc4ccc(OC5CC5)nn34)c2)ccc1CN1CCN(C)CC1. The van der Waals surface area contributed by atoms with Gasteiger partial charge in [-0.05, 0) is 75.0 Å². The van der Waals surface area contributed by atoms with Gasteiger partial charge in [-0.15, -0.1) is 5.10 Å². The Morgan fingerprint density at radius 1 is 1.02 bits per heavy atom. The number of aromatic nitrogens is 4. The number of amides is 1. The van der Waals surface area contributed by atoms with Crippen molar-refractivity contribution >= 4 is 17.2 Å². The van der Waals surface area contributed by atoms with Gasteiger partial charge in [-0.25, -0.2) is 9.50 Å². The van der Waals surface area contributed by atoms with Gasteiger partial charge in [0.2, 0.25) is 5.88 Å². The van der Waals surface area contributed by atoms with Crippen LogP contribution in [-0.2, 0) is 6.54 Å². The molecule has 0 bridgehead atoms. The van der Waals surface area contributed by atoms with Gasteiger partial charge < -0.3 is 15.0 Å². The third kappa shape index (κ3) is 5.98. The zero-order valence-electron chi connectivity index (χ0n) is 23.1. The lowest BCUT2D eigenvalue weighted by atomic mass is 10.1. The molecule has 4 aromatic rings. The fourth-order valence-corrected chi connectivity index (χ4v) is 4.68. The molecule has 2 fully saturated rings. The van der Waals surface area contributed by atoms with Crippen molar-refractivity contribution in [2.45, 2.75) is 39.3 Å². The van der Waals surface area contributed by atoms with Gasteiger partial charge in [0, 0.05) is 56.2 Å². The van der Waals surface area contributed by atoms with Gasteiger partial charge in [-0.1, -0.05) is 12.0 Å². The van der Waals surface area contributed by atoms with E-state index < -0.39 is 0 Å². The molecule has 1 saturated heterocycles. The summed E-state index contributed by atoms with van der Waals surface area (Å²) in [4.78, 5) is 26.8. The minimum atomic E-state index is -0.222. The standard InChI is InChI=1S/C31H33N7O2/c1-21-16-26(6-4-24(21)20-37-14-12-36(3)13-15-37)34-31(39)25-17-23(22(2)32-18-25)5-7-27-19-33-29-10-11-30(35-38(27)29)40-28-8-9-28/h4,6,10-11,16-19,28H,8-9,12-15,20H2,1-3H3,(H,34,39). The van der Waals surface area contributed by atoms with Crippen molar-refractivity contribution in [1.82, 2.24) is 29.4 Å². The van der Waals surface area contributed by atoms with Gasteiger partial charge in [-0.3, -0.25) is 14.7 Å².